The van der Waals surface area contributed by atoms with Crippen LogP contribution in [0.15, 0.2) is 0 Å². The van der Waals surface area contributed by atoms with Gasteiger partial charge in [0.2, 0.25) is 0 Å². The fourth-order valence-corrected chi connectivity index (χ4v) is 3.32. The summed E-state index contributed by atoms with van der Waals surface area (Å²) in [4.78, 5) is 0. The summed E-state index contributed by atoms with van der Waals surface area (Å²) in [6.07, 6.45) is 3.07. The highest BCUT2D eigenvalue weighted by molar-refractivity contribution is 6.83. The molecule has 0 aromatic heterocycles. The highest BCUT2D eigenvalue weighted by Gasteiger charge is 2.42. The Hall–Kier alpha value is -0.343. The fourth-order valence-electron chi connectivity index (χ4n) is 2.67. The van der Waals surface area contributed by atoms with E-state index in [0.717, 1.165) is 25.7 Å². The van der Waals surface area contributed by atoms with Gasteiger partial charge in [0.05, 0.1) is 18.8 Å². The van der Waals surface area contributed by atoms with Gasteiger partial charge in [-0.1, -0.05) is 33.5 Å². The maximum atomic E-state index is 10.6. The molecule has 1 aliphatic heterocycles. The van der Waals surface area contributed by atoms with Crippen LogP contribution < -0.4 is 0 Å². The van der Waals surface area contributed by atoms with E-state index < -0.39 is 13.9 Å². The third-order valence-corrected chi connectivity index (χ3v) is 5.11. The van der Waals surface area contributed by atoms with Gasteiger partial charge in [-0.2, -0.15) is 0 Å². The smallest absolute Gasteiger partial charge is 0.163 e. The Labute approximate surface area is 137 Å². The molecule has 3 nitrogen and oxygen atoms in total. The topological polar surface area (TPSA) is 38.7 Å². The van der Waals surface area contributed by atoms with E-state index in [0.29, 0.717) is 6.61 Å². The van der Waals surface area contributed by atoms with Gasteiger partial charge in [0, 0.05) is 11.8 Å². The van der Waals surface area contributed by atoms with Crippen LogP contribution in [-0.4, -0.2) is 37.8 Å². The van der Waals surface area contributed by atoms with Gasteiger partial charge in [-0.05, 0) is 33.1 Å². The van der Waals surface area contributed by atoms with E-state index in [4.69, 9.17) is 9.47 Å². The molecule has 0 bridgehead atoms. The summed E-state index contributed by atoms with van der Waals surface area (Å²) in [7, 11) is -1.27. The number of rotatable bonds is 5. The van der Waals surface area contributed by atoms with Gasteiger partial charge in [-0.25, -0.2) is 0 Å². The molecule has 1 saturated heterocycles. The lowest BCUT2D eigenvalue weighted by molar-refractivity contribution is -0.298. The molecular formula is C18H34O3Si. The van der Waals surface area contributed by atoms with Gasteiger partial charge in [0.25, 0.3) is 0 Å². The molecule has 4 heteroatoms. The lowest BCUT2D eigenvalue weighted by atomic mass is 9.77. The average molecular weight is 327 g/mol. The van der Waals surface area contributed by atoms with E-state index in [-0.39, 0.29) is 17.6 Å². The molecule has 0 amide bonds. The van der Waals surface area contributed by atoms with Crippen molar-refractivity contribution in [3.8, 4) is 11.5 Å². The summed E-state index contributed by atoms with van der Waals surface area (Å²) in [5.41, 5.74) is 3.10. The first-order valence-corrected chi connectivity index (χ1v) is 11.9. The first kappa shape index (κ1) is 19.7. The van der Waals surface area contributed by atoms with E-state index in [2.05, 4.69) is 45.0 Å². The SMILES string of the molecule is CC1(C)OCC[C@@H](C(C)(C)[C@@H](O)CCCC#C[Si](C)(C)C)O1. The van der Waals surface area contributed by atoms with Gasteiger partial charge in [-0.3, -0.25) is 0 Å². The van der Waals surface area contributed by atoms with E-state index in [1.54, 1.807) is 0 Å². The first-order valence-electron chi connectivity index (χ1n) is 8.44. The van der Waals surface area contributed by atoms with Crippen molar-refractivity contribution in [3.05, 3.63) is 0 Å². The van der Waals surface area contributed by atoms with Crippen LogP contribution >= 0.6 is 0 Å². The number of aliphatic hydroxyl groups excluding tert-OH is 1. The summed E-state index contributed by atoms with van der Waals surface area (Å²) in [6.45, 7) is 15.5. The Kier molecular flexibility index (Phi) is 6.70. The summed E-state index contributed by atoms with van der Waals surface area (Å²) < 4.78 is 11.6. The summed E-state index contributed by atoms with van der Waals surface area (Å²) >= 11 is 0. The van der Waals surface area contributed by atoms with Gasteiger partial charge >= 0.3 is 0 Å². The predicted molar refractivity (Wildman–Crippen MR) is 94.3 cm³/mol. The van der Waals surface area contributed by atoms with Crippen molar-refractivity contribution < 1.29 is 14.6 Å². The van der Waals surface area contributed by atoms with E-state index in [9.17, 15) is 5.11 Å². The molecule has 0 unspecified atom stereocenters. The van der Waals surface area contributed by atoms with Crippen molar-refractivity contribution in [2.45, 2.75) is 91.0 Å². The monoisotopic (exact) mass is 326 g/mol. The Morgan fingerprint density at radius 2 is 1.95 bits per heavy atom. The summed E-state index contributed by atoms with van der Waals surface area (Å²) in [5, 5.41) is 10.6. The quantitative estimate of drug-likeness (QED) is 0.472. The standard InChI is InChI=1S/C18H34O3Si/c1-17(2,16-12-13-20-18(3,4)21-16)15(19)11-9-8-10-14-22(5,6)7/h15-16,19H,8-9,11-13H2,1-7H3/t15-,16-/m0/s1. The molecule has 1 N–H and O–H groups in total. The minimum absolute atomic E-state index is 0.0271. The van der Waals surface area contributed by atoms with Crippen LogP contribution in [0.1, 0.15) is 53.4 Å². The Bertz CT molecular complexity index is 412. The van der Waals surface area contributed by atoms with Crippen molar-refractivity contribution in [2.24, 2.45) is 5.41 Å². The van der Waals surface area contributed by atoms with Gasteiger partial charge < -0.3 is 14.6 Å². The highest BCUT2D eigenvalue weighted by atomic mass is 28.3. The van der Waals surface area contributed by atoms with Crippen LogP contribution in [0.25, 0.3) is 0 Å². The third kappa shape index (κ3) is 6.42. The molecule has 0 saturated carbocycles. The number of hydrogen-bond acceptors (Lipinski definition) is 3. The normalized spacial score (nSPS) is 23.5. The van der Waals surface area contributed by atoms with Crippen LogP contribution in [0.5, 0.6) is 0 Å². The van der Waals surface area contributed by atoms with Crippen LogP contribution in [0.3, 0.4) is 0 Å². The zero-order chi connectivity index (χ0) is 17.0. The Morgan fingerprint density at radius 3 is 2.50 bits per heavy atom. The van der Waals surface area contributed by atoms with Crippen molar-refractivity contribution in [1.29, 1.82) is 0 Å². The van der Waals surface area contributed by atoms with Crippen molar-refractivity contribution in [2.75, 3.05) is 6.61 Å². The largest absolute Gasteiger partial charge is 0.392 e. The fraction of sp³-hybridized carbons (Fsp3) is 0.889. The summed E-state index contributed by atoms with van der Waals surface area (Å²) in [6, 6.07) is 0. The minimum atomic E-state index is -1.27. The van der Waals surface area contributed by atoms with Crippen LogP contribution in [-0.2, 0) is 9.47 Å². The van der Waals surface area contributed by atoms with Crippen LogP contribution in [0, 0.1) is 16.9 Å². The van der Waals surface area contributed by atoms with Crippen molar-refractivity contribution in [3.63, 3.8) is 0 Å². The summed E-state index contributed by atoms with van der Waals surface area (Å²) in [5.74, 6) is 2.72. The van der Waals surface area contributed by atoms with Gasteiger partial charge in [0.15, 0.2) is 5.79 Å². The molecular weight excluding hydrogens is 292 g/mol. The van der Waals surface area contributed by atoms with Crippen molar-refractivity contribution in [1.82, 2.24) is 0 Å². The average Bonchev–Trinajstić information content (AvgIpc) is 2.35. The predicted octanol–water partition coefficient (Wildman–Crippen LogP) is 3.97. The second-order valence-electron chi connectivity index (χ2n) is 8.42. The Morgan fingerprint density at radius 1 is 1.32 bits per heavy atom. The van der Waals surface area contributed by atoms with Crippen LogP contribution in [0.4, 0.5) is 0 Å². The molecule has 0 aliphatic carbocycles. The number of aliphatic hydroxyl groups is 1. The van der Waals surface area contributed by atoms with Crippen LogP contribution in [0.2, 0.25) is 19.6 Å². The third-order valence-electron chi connectivity index (χ3n) is 4.19. The second-order valence-corrected chi connectivity index (χ2v) is 13.2. The second kappa shape index (κ2) is 7.48. The van der Waals surface area contributed by atoms with Gasteiger partial charge in [-0.15, -0.1) is 11.5 Å². The number of ether oxygens (including phenoxy) is 2. The zero-order valence-electron chi connectivity index (χ0n) is 15.5. The van der Waals surface area contributed by atoms with E-state index in [1.165, 1.54) is 0 Å². The molecule has 128 valence electrons. The van der Waals surface area contributed by atoms with E-state index >= 15 is 0 Å². The number of hydrogen-bond donors (Lipinski definition) is 1. The molecule has 1 rings (SSSR count). The lowest BCUT2D eigenvalue weighted by Gasteiger charge is -2.45. The molecule has 0 radical (unpaired) electrons. The molecule has 0 aromatic rings. The molecule has 1 heterocycles. The first-order chi connectivity index (χ1) is 9.94. The Balaban J connectivity index is 2.48. The minimum Gasteiger partial charge on any atom is -0.392 e. The molecule has 0 aromatic carbocycles. The van der Waals surface area contributed by atoms with Gasteiger partial charge in [0.1, 0.15) is 8.07 Å². The van der Waals surface area contributed by atoms with E-state index in [1.807, 2.05) is 13.8 Å². The lowest BCUT2D eigenvalue weighted by Crippen LogP contribution is -2.50. The molecule has 0 spiro atoms. The maximum Gasteiger partial charge on any atom is 0.163 e. The zero-order valence-corrected chi connectivity index (χ0v) is 16.5. The highest BCUT2D eigenvalue weighted by Crippen LogP contribution is 2.37. The van der Waals surface area contributed by atoms with Crippen molar-refractivity contribution >= 4 is 8.07 Å². The molecule has 1 fully saturated rings. The molecule has 2 atom stereocenters. The molecule has 1 aliphatic rings. The maximum absolute atomic E-state index is 10.6. The molecule has 22 heavy (non-hydrogen) atoms. The number of unbranched alkanes of at least 4 members (excludes halogenated alkanes) is 1.